The molecule has 0 saturated heterocycles. The average molecular weight is 303 g/mol. The summed E-state index contributed by atoms with van der Waals surface area (Å²) in [6.45, 7) is 1.91. The van der Waals surface area contributed by atoms with Gasteiger partial charge >= 0.3 is 5.97 Å². The van der Waals surface area contributed by atoms with Crippen LogP contribution in [0.3, 0.4) is 0 Å². The van der Waals surface area contributed by atoms with E-state index in [0.717, 1.165) is 23.2 Å². The van der Waals surface area contributed by atoms with Gasteiger partial charge in [0.05, 0.1) is 5.69 Å². The fraction of sp³-hybridized carbons (Fsp3) is 0.143. The van der Waals surface area contributed by atoms with Crippen LogP contribution < -0.4 is 5.32 Å². The SMILES string of the molecule is CCc1nnsc1C(=O)Nc1ccc(C=CC(=O)O)cc1. The lowest BCUT2D eigenvalue weighted by Crippen LogP contribution is -2.12. The third-order valence-electron chi connectivity index (χ3n) is 2.68. The molecule has 2 rings (SSSR count). The highest BCUT2D eigenvalue weighted by Crippen LogP contribution is 2.16. The summed E-state index contributed by atoms with van der Waals surface area (Å²) >= 11 is 1.07. The lowest BCUT2D eigenvalue weighted by molar-refractivity contribution is -0.131. The van der Waals surface area contributed by atoms with Gasteiger partial charge in [-0.05, 0) is 41.7 Å². The minimum Gasteiger partial charge on any atom is -0.478 e. The fourth-order valence-corrected chi connectivity index (χ4v) is 2.29. The standard InChI is InChI=1S/C14H13N3O3S/c1-2-11-13(21-17-16-11)14(20)15-10-6-3-9(4-7-10)5-8-12(18)19/h3-8H,2H2,1H3,(H,15,20)(H,18,19). The van der Waals surface area contributed by atoms with Crippen LogP contribution in [0.1, 0.15) is 27.9 Å². The van der Waals surface area contributed by atoms with Crippen LogP contribution in [0.2, 0.25) is 0 Å². The van der Waals surface area contributed by atoms with E-state index >= 15 is 0 Å². The van der Waals surface area contributed by atoms with Crippen molar-refractivity contribution in [1.29, 1.82) is 0 Å². The summed E-state index contributed by atoms with van der Waals surface area (Å²) in [5.74, 6) is -1.24. The molecule has 0 aliphatic carbocycles. The molecule has 2 N–H and O–H groups in total. The molecular weight excluding hydrogens is 290 g/mol. The Morgan fingerprint density at radius 2 is 2.05 bits per heavy atom. The van der Waals surface area contributed by atoms with Crippen molar-refractivity contribution < 1.29 is 14.7 Å². The largest absolute Gasteiger partial charge is 0.478 e. The molecule has 6 nitrogen and oxygen atoms in total. The number of aryl methyl sites for hydroxylation is 1. The van der Waals surface area contributed by atoms with Gasteiger partial charge in [-0.1, -0.05) is 23.5 Å². The number of aliphatic carboxylic acids is 1. The molecule has 0 aliphatic heterocycles. The van der Waals surface area contributed by atoms with E-state index < -0.39 is 5.97 Å². The molecule has 1 heterocycles. The van der Waals surface area contributed by atoms with Crippen LogP contribution in [0, 0.1) is 0 Å². The molecule has 0 bridgehead atoms. The highest BCUT2D eigenvalue weighted by Gasteiger charge is 2.14. The maximum absolute atomic E-state index is 12.1. The number of nitrogens with zero attached hydrogens (tertiary/aromatic N) is 2. The average Bonchev–Trinajstić information content (AvgIpc) is 2.95. The number of carboxylic acid groups (broad SMARTS) is 1. The van der Waals surface area contributed by atoms with Crippen molar-refractivity contribution in [1.82, 2.24) is 9.59 Å². The Hall–Kier alpha value is -2.54. The minimum absolute atomic E-state index is 0.240. The number of rotatable bonds is 5. The lowest BCUT2D eigenvalue weighted by Gasteiger charge is -2.04. The summed E-state index contributed by atoms with van der Waals surface area (Å²) in [6, 6.07) is 6.86. The molecule has 1 aromatic heterocycles. The number of carboxylic acids is 1. The van der Waals surface area contributed by atoms with Gasteiger partial charge in [0.25, 0.3) is 5.91 Å². The lowest BCUT2D eigenvalue weighted by atomic mass is 10.2. The van der Waals surface area contributed by atoms with E-state index in [1.54, 1.807) is 24.3 Å². The van der Waals surface area contributed by atoms with E-state index in [4.69, 9.17) is 5.11 Å². The van der Waals surface area contributed by atoms with Crippen LogP contribution in [-0.4, -0.2) is 26.6 Å². The monoisotopic (exact) mass is 303 g/mol. The van der Waals surface area contributed by atoms with Gasteiger partial charge in [0, 0.05) is 11.8 Å². The van der Waals surface area contributed by atoms with E-state index in [1.165, 1.54) is 6.08 Å². The number of amides is 1. The summed E-state index contributed by atoms with van der Waals surface area (Å²) < 4.78 is 3.78. The number of carbonyl (C=O) groups excluding carboxylic acids is 1. The summed E-state index contributed by atoms with van der Waals surface area (Å²) in [7, 11) is 0. The number of nitrogens with one attached hydrogen (secondary N) is 1. The molecule has 0 fully saturated rings. The summed E-state index contributed by atoms with van der Waals surface area (Å²) in [5, 5.41) is 15.2. The van der Waals surface area contributed by atoms with E-state index in [9.17, 15) is 9.59 Å². The maximum Gasteiger partial charge on any atom is 0.328 e. The van der Waals surface area contributed by atoms with Crippen molar-refractivity contribution in [3.8, 4) is 0 Å². The number of benzene rings is 1. The summed E-state index contributed by atoms with van der Waals surface area (Å²) in [5.41, 5.74) is 2.05. The molecular formula is C14H13N3O3S. The predicted octanol–water partition coefficient (Wildman–Crippen LogP) is 2.45. The third-order valence-corrected chi connectivity index (χ3v) is 3.45. The first kappa shape index (κ1) is 14.9. The molecule has 0 spiro atoms. The Balaban J connectivity index is 2.06. The molecule has 0 atom stereocenters. The number of anilines is 1. The quantitative estimate of drug-likeness (QED) is 0.828. The van der Waals surface area contributed by atoms with Crippen LogP contribution in [0.4, 0.5) is 5.69 Å². The highest BCUT2D eigenvalue weighted by molar-refractivity contribution is 7.08. The zero-order valence-electron chi connectivity index (χ0n) is 11.2. The zero-order valence-corrected chi connectivity index (χ0v) is 12.1. The number of hydrogen-bond acceptors (Lipinski definition) is 5. The van der Waals surface area contributed by atoms with Crippen molar-refractivity contribution in [2.45, 2.75) is 13.3 Å². The molecule has 1 amide bonds. The summed E-state index contributed by atoms with van der Waals surface area (Å²) in [4.78, 5) is 23.0. The third kappa shape index (κ3) is 3.96. The second kappa shape index (κ2) is 6.76. The topological polar surface area (TPSA) is 92.2 Å². The first-order valence-corrected chi connectivity index (χ1v) is 7.01. The van der Waals surface area contributed by atoms with Gasteiger partial charge in [-0.2, -0.15) is 0 Å². The molecule has 0 aliphatic rings. The van der Waals surface area contributed by atoms with E-state index in [2.05, 4.69) is 14.9 Å². The van der Waals surface area contributed by atoms with Crippen molar-refractivity contribution in [3.63, 3.8) is 0 Å². The van der Waals surface area contributed by atoms with Crippen molar-refractivity contribution in [2.75, 3.05) is 5.32 Å². The molecule has 0 radical (unpaired) electrons. The van der Waals surface area contributed by atoms with Gasteiger partial charge in [0.15, 0.2) is 0 Å². The van der Waals surface area contributed by atoms with Crippen molar-refractivity contribution in [3.05, 3.63) is 46.5 Å². The second-order valence-electron chi connectivity index (χ2n) is 4.15. The van der Waals surface area contributed by atoms with Crippen LogP contribution in [0.15, 0.2) is 30.3 Å². The van der Waals surface area contributed by atoms with Crippen LogP contribution >= 0.6 is 11.5 Å². The van der Waals surface area contributed by atoms with E-state index in [-0.39, 0.29) is 5.91 Å². The molecule has 7 heteroatoms. The molecule has 2 aromatic rings. The molecule has 1 aromatic carbocycles. The second-order valence-corrected chi connectivity index (χ2v) is 4.90. The van der Waals surface area contributed by atoms with E-state index in [1.807, 2.05) is 6.92 Å². The normalized spacial score (nSPS) is 10.7. The Morgan fingerprint density at radius 1 is 1.33 bits per heavy atom. The predicted molar refractivity (Wildman–Crippen MR) is 80.4 cm³/mol. The summed E-state index contributed by atoms with van der Waals surface area (Å²) in [6.07, 6.45) is 3.19. The Kier molecular flexibility index (Phi) is 4.78. The zero-order chi connectivity index (χ0) is 15.2. The minimum atomic E-state index is -1.00. The molecule has 108 valence electrons. The molecule has 0 saturated carbocycles. The van der Waals surface area contributed by atoms with Crippen molar-refractivity contribution >= 4 is 35.2 Å². The van der Waals surface area contributed by atoms with Gasteiger partial charge in [-0.25, -0.2) is 4.79 Å². The van der Waals surface area contributed by atoms with Crippen molar-refractivity contribution in [2.24, 2.45) is 0 Å². The van der Waals surface area contributed by atoms with Crippen LogP contribution in [0.25, 0.3) is 6.08 Å². The number of aromatic nitrogens is 2. The molecule has 0 unspecified atom stereocenters. The van der Waals surface area contributed by atoms with Gasteiger partial charge in [0.1, 0.15) is 4.88 Å². The Labute approximate surface area is 125 Å². The van der Waals surface area contributed by atoms with Crippen LogP contribution in [0.5, 0.6) is 0 Å². The first-order valence-electron chi connectivity index (χ1n) is 6.23. The van der Waals surface area contributed by atoms with Gasteiger partial charge in [-0.3, -0.25) is 4.79 Å². The number of carbonyl (C=O) groups is 2. The number of hydrogen-bond donors (Lipinski definition) is 2. The fourth-order valence-electron chi connectivity index (χ4n) is 1.65. The van der Waals surface area contributed by atoms with Crippen LogP contribution in [-0.2, 0) is 11.2 Å². The first-order chi connectivity index (χ1) is 10.1. The Morgan fingerprint density at radius 3 is 2.67 bits per heavy atom. The van der Waals surface area contributed by atoms with Gasteiger partial charge in [0.2, 0.25) is 0 Å². The Bertz CT molecular complexity index is 677. The van der Waals surface area contributed by atoms with Gasteiger partial charge in [-0.15, -0.1) is 5.10 Å². The highest BCUT2D eigenvalue weighted by atomic mass is 32.1. The van der Waals surface area contributed by atoms with Gasteiger partial charge < -0.3 is 10.4 Å². The maximum atomic E-state index is 12.1. The van der Waals surface area contributed by atoms with E-state index in [0.29, 0.717) is 22.7 Å². The smallest absolute Gasteiger partial charge is 0.328 e. The molecule has 21 heavy (non-hydrogen) atoms.